The Bertz CT molecular complexity index is 920. The van der Waals surface area contributed by atoms with Crippen molar-refractivity contribution in [2.75, 3.05) is 0 Å². The highest BCUT2D eigenvalue weighted by Crippen LogP contribution is 2.42. The molecule has 3 heterocycles. The molecule has 2 aromatic rings. The van der Waals surface area contributed by atoms with E-state index in [2.05, 4.69) is 4.98 Å². The largest absolute Gasteiger partial charge is 0.505 e. The third-order valence-electron chi connectivity index (χ3n) is 4.90. The van der Waals surface area contributed by atoms with Crippen molar-refractivity contribution in [1.82, 2.24) is 9.55 Å². The number of nitrogens with zero attached hydrogens (tertiary/aromatic N) is 2. The molecule has 7 heteroatoms. The lowest BCUT2D eigenvalue weighted by atomic mass is 9.78. The van der Waals surface area contributed by atoms with Gasteiger partial charge in [-0.15, -0.1) is 0 Å². The van der Waals surface area contributed by atoms with Gasteiger partial charge in [0.2, 0.25) is 0 Å². The van der Waals surface area contributed by atoms with Crippen LogP contribution in [-0.2, 0) is 12.0 Å². The predicted molar refractivity (Wildman–Crippen MR) is 89.8 cm³/mol. The number of rotatable bonds is 2. The van der Waals surface area contributed by atoms with Crippen molar-refractivity contribution in [3.05, 3.63) is 44.8 Å². The number of carbonyl (C=O) groups is 1. The number of aromatic carboxylic acids is 1. The summed E-state index contributed by atoms with van der Waals surface area (Å²) in [5.41, 5.74) is 0.435. The summed E-state index contributed by atoms with van der Waals surface area (Å²) in [4.78, 5) is 27.7. The molecule has 0 aliphatic carbocycles. The van der Waals surface area contributed by atoms with Crippen molar-refractivity contribution in [3.8, 4) is 17.1 Å². The topological polar surface area (TPSA) is 92.4 Å². The lowest BCUT2D eigenvalue weighted by Gasteiger charge is -2.42. The van der Waals surface area contributed by atoms with Crippen molar-refractivity contribution in [3.63, 3.8) is 0 Å². The summed E-state index contributed by atoms with van der Waals surface area (Å²) in [5.74, 6) is -1.23. The maximum atomic E-state index is 12.2. The summed E-state index contributed by atoms with van der Waals surface area (Å²) in [5, 5.41) is 19.1. The van der Waals surface area contributed by atoms with Gasteiger partial charge in [0.15, 0.2) is 16.3 Å². The van der Waals surface area contributed by atoms with Crippen LogP contribution in [-0.4, -0.2) is 25.7 Å². The van der Waals surface area contributed by atoms with E-state index < -0.39 is 16.9 Å². The van der Waals surface area contributed by atoms with Gasteiger partial charge in [0.1, 0.15) is 5.56 Å². The van der Waals surface area contributed by atoms with E-state index in [0.29, 0.717) is 17.8 Å². The molecule has 1 unspecified atom stereocenters. The highest BCUT2D eigenvalue weighted by Gasteiger charge is 2.38. The molecule has 2 aromatic heterocycles. The van der Waals surface area contributed by atoms with E-state index >= 15 is 0 Å². The molecule has 1 aliphatic rings. The zero-order valence-corrected chi connectivity index (χ0v) is 14.3. The first-order valence-corrected chi connectivity index (χ1v) is 7.92. The number of pyridine rings is 2. The smallest absolute Gasteiger partial charge is 0.341 e. The van der Waals surface area contributed by atoms with E-state index in [9.17, 15) is 19.8 Å². The maximum Gasteiger partial charge on any atom is 0.341 e. The first kappa shape index (κ1) is 16.5. The minimum Gasteiger partial charge on any atom is -0.505 e. The number of halogens is 1. The molecule has 2 N–H and O–H groups in total. The van der Waals surface area contributed by atoms with E-state index in [1.165, 1.54) is 12.3 Å². The Labute approximate surface area is 143 Å². The molecule has 0 fully saturated rings. The molecule has 0 bridgehead atoms. The van der Waals surface area contributed by atoms with Crippen molar-refractivity contribution >= 4 is 17.6 Å². The molecule has 0 aromatic carbocycles. The van der Waals surface area contributed by atoms with Crippen LogP contribution in [0.5, 0.6) is 5.75 Å². The Kier molecular flexibility index (Phi) is 3.68. The summed E-state index contributed by atoms with van der Waals surface area (Å²) in [6.07, 6.45) is 1.91. The van der Waals surface area contributed by atoms with Gasteiger partial charge in [0, 0.05) is 17.8 Å². The van der Waals surface area contributed by atoms with E-state index in [1.807, 2.05) is 20.8 Å². The molecular formula is C17H17ClN2O4. The van der Waals surface area contributed by atoms with Crippen LogP contribution in [0, 0.1) is 5.92 Å². The lowest BCUT2D eigenvalue weighted by Crippen LogP contribution is -2.42. The van der Waals surface area contributed by atoms with Gasteiger partial charge >= 0.3 is 5.97 Å². The van der Waals surface area contributed by atoms with Gasteiger partial charge in [-0.1, -0.05) is 25.4 Å². The molecule has 0 amide bonds. The van der Waals surface area contributed by atoms with E-state index in [1.54, 1.807) is 10.6 Å². The average Bonchev–Trinajstić information content (AvgIpc) is 2.48. The van der Waals surface area contributed by atoms with Crippen molar-refractivity contribution < 1.29 is 15.0 Å². The third-order valence-corrected chi connectivity index (χ3v) is 5.18. The number of aromatic hydroxyl groups is 1. The van der Waals surface area contributed by atoms with E-state index in [-0.39, 0.29) is 22.4 Å². The first-order chi connectivity index (χ1) is 11.1. The van der Waals surface area contributed by atoms with Crippen LogP contribution < -0.4 is 5.43 Å². The number of carboxylic acid groups (broad SMARTS) is 1. The van der Waals surface area contributed by atoms with Gasteiger partial charge in [-0.05, 0) is 30.9 Å². The van der Waals surface area contributed by atoms with Crippen LogP contribution in [0.15, 0.2) is 23.1 Å². The number of hydrogen-bond acceptors (Lipinski definition) is 4. The molecule has 1 atom stereocenters. The second-order valence-electron chi connectivity index (χ2n) is 6.61. The second kappa shape index (κ2) is 5.34. The Hall–Kier alpha value is -2.34. The molecule has 6 nitrogen and oxygen atoms in total. The summed E-state index contributed by atoms with van der Waals surface area (Å²) < 4.78 is 1.80. The second-order valence-corrected chi connectivity index (χ2v) is 6.96. The summed E-state index contributed by atoms with van der Waals surface area (Å²) in [6, 6.07) is 2.84. The molecule has 1 aliphatic heterocycles. The number of carboxylic acids is 1. The van der Waals surface area contributed by atoms with Crippen molar-refractivity contribution in [2.24, 2.45) is 5.92 Å². The minimum atomic E-state index is -1.26. The molecule has 0 spiro atoms. The Morgan fingerprint density at radius 1 is 1.42 bits per heavy atom. The predicted octanol–water partition coefficient (Wildman–Crippen LogP) is 2.89. The molecule has 0 saturated carbocycles. The zero-order valence-electron chi connectivity index (χ0n) is 13.5. The fourth-order valence-corrected chi connectivity index (χ4v) is 3.27. The minimum absolute atomic E-state index is 0.0526. The molecule has 0 saturated heterocycles. The van der Waals surface area contributed by atoms with Crippen LogP contribution in [0.2, 0.25) is 5.15 Å². The van der Waals surface area contributed by atoms with Gasteiger partial charge in [-0.25, -0.2) is 9.78 Å². The normalized spacial score (nSPS) is 19.0. The molecule has 24 heavy (non-hydrogen) atoms. The fourth-order valence-electron chi connectivity index (χ4n) is 3.13. The average molecular weight is 349 g/mol. The van der Waals surface area contributed by atoms with Gasteiger partial charge in [-0.2, -0.15) is 0 Å². The zero-order chi connectivity index (χ0) is 17.8. The van der Waals surface area contributed by atoms with Crippen LogP contribution in [0.4, 0.5) is 0 Å². The molecular weight excluding hydrogens is 332 g/mol. The molecule has 3 rings (SSSR count). The van der Waals surface area contributed by atoms with Crippen molar-refractivity contribution in [2.45, 2.75) is 32.7 Å². The number of fused-ring (bicyclic) bond motifs is 3. The fraction of sp³-hybridized carbons (Fsp3) is 0.353. The SMILES string of the molecule is CC(C)C1(C)Cc2cc(O)c(Cl)nc2-c2cc(=O)c(C(=O)O)cn21. The monoisotopic (exact) mass is 348 g/mol. The third kappa shape index (κ3) is 2.29. The lowest BCUT2D eigenvalue weighted by molar-refractivity contribution is 0.0693. The van der Waals surface area contributed by atoms with Crippen LogP contribution >= 0.6 is 11.6 Å². The maximum absolute atomic E-state index is 12.2. The van der Waals surface area contributed by atoms with Crippen LogP contribution in [0.1, 0.15) is 36.7 Å². The van der Waals surface area contributed by atoms with Gasteiger partial charge in [0.25, 0.3) is 0 Å². The number of aromatic nitrogens is 2. The molecule has 126 valence electrons. The van der Waals surface area contributed by atoms with Crippen LogP contribution in [0.25, 0.3) is 11.4 Å². The molecule has 0 radical (unpaired) electrons. The standard InChI is InChI=1S/C17H17ClN2O4/c1-8(2)17(3)6-9-4-13(22)15(18)19-14(9)11-5-12(21)10(16(23)24)7-20(11)17/h4-5,7-8,22H,6H2,1-3H3,(H,23,24). The van der Waals surface area contributed by atoms with E-state index in [4.69, 9.17) is 11.6 Å². The van der Waals surface area contributed by atoms with Gasteiger partial charge in [-0.3, -0.25) is 4.79 Å². The Morgan fingerprint density at radius 2 is 2.08 bits per heavy atom. The highest BCUT2D eigenvalue weighted by atomic mass is 35.5. The summed E-state index contributed by atoms with van der Waals surface area (Å²) in [7, 11) is 0. The quantitative estimate of drug-likeness (QED) is 0.814. The van der Waals surface area contributed by atoms with E-state index in [0.717, 1.165) is 5.56 Å². The van der Waals surface area contributed by atoms with Crippen LogP contribution in [0.3, 0.4) is 0 Å². The first-order valence-electron chi connectivity index (χ1n) is 7.54. The highest BCUT2D eigenvalue weighted by molar-refractivity contribution is 6.30. The Morgan fingerprint density at radius 3 is 2.67 bits per heavy atom. The summed E-state index contributed by atoms with van der Waals surface area (Å²) >= 11 is 5.92. The summed E-state index contributed by atoms with van der Waals surface area (Å²) in [6.45, 7) is 6.04. The number of hydrogen-bond donors (Lipinski definition) is 2. The van der Waals surface area contributed by atoms with Crippen molar-refractivity contribution in [1.29, 1.82) is 0 Å². The Balaban J connectivity index is 2.40. The van der Waals surface area contributed by atoms with Gasteiger partial charge in [0.05, 0.1) is 11.4 Å². The van der Waals surface area contributed by atoms with Gasteiger partial charge < -0.3 is 14.8 Å².